The van der Waals surface area contributed by atoms with Crippen molar-refractivity contribution in [2.75, 3.05) is 0 Å². The molecule has 0 saturated heterocycles. The second-order valence-electron chi connectivity index (χ2n) is 7.08. The van der Waals surface area contributed by atoms with E-state index in [1.165, 1.54) is 24.3 Å². The summed E-state index contributed by atoms with van der Waals surface area (Å²) < 4.78 is 23.9. The number of carbonyl (C=O) groups is 1. The standard InChI is InChI=1S/C24H17FN2O5/c1-15-12-18(6-11-22(15)27(29)30)23-26-21(24(28)32-23)13-16-4-9-20(10-5-16)31-14-17-2-7-19(25)8-3-17/h2-13H,14H2,1H3/b21-13-. The first-order chi connectivity index (χ1) is 15.4. The minimum Gasteiger partial charge on any atom is -0.489 e. The van der Waals surface area contributed by atoms with Gasteiger partial charge in [0.2, 0.25) is 5.90 Å². The third-order valence-electron chi connectivity index (χ3n) is 4.76. The van der Waals surface area contributed by atoms with Gasteiger partial charge in [0.05, 0.1) is 4.92 Å². The van der Waals surface area contributed by atoms with Crippen LogP contribution in [0.3, 0.4) is 0 Å². The summed E-state index contributed by atoms with van der Waals surface area (Å²) in [6.07, 6.45) is 1.58. The lowest BCUT2D eigenvalue weighted by atomic mass is 10.1. The van der Waals surface area contributed by atoms with Crippen molar-refractivity contribution >= 4 is 23.6 Å². The Morgan fingerprint density at radius 3 is 2.47 bits per heavy atom. The summed E-state index contributed by atoms with van der Waals surface area (Å²) in [5, 5.41) is 11.0. The van der Waals surface area contributed by atoms with E-state index in [0.717, 1.165) is 11.1 Å². The topological polar surface area (TPSA) is 91.0 Å². The third kappa shape index (κ3) is 4.70. The molecule has 8 heteroatoms. The van der Waals surface area contributed by atoms with Crippen LogP contribution in [-0.2, 0) is 16.1 Å². The molecule has 1 aliphatic rings. The van der Waals surface area contributed by atoms with Crippen molar-refractivity contribution in [2.24, 2.45) is 4.99 Å². The van der Waals surface area contributed by atoms with Crippen LogP contribution in [0.1, 0.15) is 22.3 Å². The highest BCUT2D eigenvalue weighted by molar-refractivity contribution is 6.13. The van der Waals surface area contributed by atoms with Gasteiger partial charge in [0.15, 0.2) is 5.70 Å². The van der Waals surface area contributed by atoms with Gasteiger partial charge >= 0.3 is 5.97 Å². The first-order valence-electron chi connectivity index (χ1n) is 9.64. The van der Waals surface area contributed by atoms with Crippen molar-refractivity contribution in [1.29, 1.82) is 0 Å². The van der Waals surface area contributed by atoms with Gasteiger partial charge in [-0.1, -0.05) is 24.3 Å². The summed E-state index contributed by atoms with van der Waals surface area (Å²) in [6.45, 7) is 1.91. The van der Waals surface area contributed by atoms with Crippen LogP contribution < -0.4 is 4.74 Å². The van der Waals surface area contributed by atoms with E-state index < -0.39 is 10.9 Å². The van der Waals surface area contributed by atoms with Gasteiger partial charge < -0.3 is 9.47 Å². The molecule has 1 aliphatic heterocycles. The molecule has 0 N–H and O–H groups in total. The largest absolute Gasteiger partial charge is 0.489 e. The van der Waals surface area contributed by atoms with Crippen LogP contribution >= 0.6 is 0 Å². The number of carbonyl (C=O) groups excluding carboxylic acids is 1. The smallest absolute Gasteiger partial charge is 0.363 e. The van der Waals surface area contributed by atoms with E-state index in [1.54, 1.807) is 55.5 Å². The summed E-state index contributed by atoms with van der Waals surface area (Å²) in [5.74, 6) is -0.187. The van der Waals surface area contributed by atoms with E-state index in [4.69, 9.17) is 9.47 Å². The number of halogens is 1. The fraction of sp³-hybridized carbons (Fsp3) is 0.0833. The molecular formula is C24H17FN2O5. The van der Waals surface area contributed by atoms with Gasteiger partial charge in [-0.2, -0.15) is 0 Å². The van der Waals surface area contributed by atoms with E-state index in [9.17, 15) is 19.3 Å². The number of hydrogen-bond donors (Lipinski definition) is 0. The van der Waals surface area contributed by atoms with Gasteiger partial charge in [-0.3, -0.25) is 10.1 Å². The highest BCUT2D eigenvalue weighted by Gasteiger charge is 2.25. The number of nitro benzene ring substituents is 1. The maximum atomic E-state index is 13.0. The molecule has 0 unspecified atom stereocenters. The van der Waals surface area contributed by atoms with Crippen LogP contribution in [0.5, 0.6) is 5.75 Å². The molecule has 3 aromatic carbocycles. The van der Waals surface area contributed by atoms with E-state index in [-0.39, 0.29) is 23.1 Å². The van der Waals surface area contributed by atoms with Crippen LogP contribution in [0.15, 0.2) is 77.4 Å². The Hall–Kier alpha value is -4.33. The van der Waals surface area contributed by atoms with Crippen molar-refractivity contribution in [1.82, 2.24) is 0 Å². The van der Waals surface area contributed by atoms with Crippen molar-refractivity contribution < 1.29 is 23.6 Å². The van der Waals surface area contributed by atoms with Crippen LogP contribution in [0.2, 0.25) is 0 Å². The monoisotopic (exact) mass is 432 g/mol. The highest BCUT2D eigenvalue weighted by atomic mass is 19.1. The zero-order valence-corrected chi connectivity index (χ0v) is 16.9. The summed E-state index contributed by atoms with van der Waals surface area (Å²) in [7, 11) is 0. The number of aliphatic imine (C=N–C) groups is 1. The fourth-order valence-corrected chi connectivity index (χ4v) is 3.09. The van der Waals surface area contributed by atoms with E-state index >= 15 is 0 Å². The molecule has 0 spiro atoms. The molecule has 0 fully saturated rings. The molecule has 0 radical (unpaired) electrons. The van der Waals surface area contributed by atoms with Gasteiger partial charge in [0, 0.05) is 17.2 Å². The molecule has 3 aromatic rings. The fourth-order valence-electron chi connectivity index (χ4n) is 3.09. The Morgan fingerprint density at radius 1 is 1.09 bits per heavy atom. The summed E-state index contributed by atoms with van der Waals surface area (Å²) in [6, 6.07) is 17.5. The van der Waals surface area contributed by atoms with Crippen LogP contribution in [0.25, 0.3) is 6.08 Å². The number of nitro groups is 1. The van der Waals surface area contributed by atoms with Crippen LogP contribution in [0.4, 0.5) is 10.1 Å². The SMILES string of the molecule is Cc1cc(C2=N/C(=C\c3ccc(OCc4ccc(F)cc4)cc3)C(=O)O2)ccc1[N+](=O)[O-]. The van der Waals surface area contributed by atoms with Crippen molar-refractivity contribution in [2.45, 2.75) is 13.5 Å². The average Bonchev–Trinajstić information content (AvgIpc) is 3.14. The first kappa shape index (κ1) is 20.9. The lowest BCUT2D eigenvalue weighted by Gasteiger charge is -2.06. The number of rotatable bonds is 6. The molecule has 0 saturated carbocycles. The van der Waals surface area contributed by atoms with Gasteiger partial charge in [0.1, 0.15) is 18.2 Å². The molecule has 0 amide bonds. The Balaban J connectivity index is 1.46. The maximum Gasteiger partial charge on any atom is 0.363 e. The summed E-state index contributed by atoms with van der Waals surface area (Å²) >= 11 is 0. The van der Waals surface area contributed by atoms with E-state index in [1.807, 2.05) is 0 Å². The Labute approximate surface area is 182 Å². The molecule has 7 nitrogen and oxygen atoms in total. The molecular weight excluding hydrogens is 415 g/mol. The predicted octanol–water partition coefficient (Wildman–Crippen LogP) is 4.97. The minimum absolute atomic E-state index is 0.0174. The second-order valence-corrected chi connectivity index (χ2v) is 7.08. The predicted molar refractivity (Wildman–Crippen MR) is 116 cm³/mol. The third-order valence-corrected chi connectivity index (χ3v) is 4.76. The zero-order valence-electron chi connectivity index (χ0n) is 16.9. The molecule has 0 atom stereocenters. The molecule has 0 aliphatic carbocycles. The number of nitrogens with zero attached hydrogens (tertiary/aromatic N) is 2. The van der Waals surface area contributed by atoms with Crippen molar-refractivity contribution in [3.8, 4) is 5.75 Å². The van der Waals surface area contributed by atoms with E-state index in [0.29, 0.717) is 23.5 Å². The molecule has 1 heterocycles. The van der Waals surface area contributed by atoms with E-state index in [2.05, 4.69) is 4.99 Å². The van der Waals surface area contributed by atoms with Gasteiger partial charge in [-0.15, -0.1) is 0 Å². The normalized spacial score (nSPS) is 14.2. The summed E-state index contributed by atoms with van der Waals surface area (Å²) in [5.41, 5.74) is 2.59. The number of esters is 1. The van der Waals surface area contributed by atoms with Crippen LogP contribution in [-0.4, -0.2) is 16.8 Å². The number of hydrogen-bond acceptors (Lipinski definition) is 6. The summed E-state index contributed by atoms with van der Waals surface area (Å²) in [4.78, 5) is 26.9. The average molecular weight is 432 g/mol. The minimum atomic E-state index is -0.604. The number of benzene rings is 3. The van der Waals surface area contributed by atoms with Gasteiger partial charge in [-0.25, -0.2) is 14.2 Å². The Bertz CT molecular complexity index is 1250. The van der Waals surface area contributed by atoms with Gasteiger partial charge in [0.25, 0.3) is 5.69 Å². The first-order valence-corrected chi connectivity index (χ1v) is 9.64. The van der Waals surface area contributed by atoms with Crippen LogP contribution in [0, 0.1) is 22.9 Å². The lowest BCUT2D eigenvalue weighted by molar-refractivity contribution is -0.385. The number of cyclic esters (lactones) is 1. The van der Waals surface area contributed by atoms with Gasteiger partial charge in [-0.05, 0) is 60.5 Å². The number of ether oxygens (including phenoxy) is 2. The van der Waals surface area contributed by atoms with Crippen molar-refractivity contribution in [3.05, 3.63) is 111 Å². The lowest BCUT2D eigenvalue weighted by Crippen LogP contribution is -2.06. The molecule has 0 bridgehead atoms. The maximum absolute atomic E-state index is 13.0. The molecule has 0 aromatic heterocycles. The second kappa shape index (κ2) is 8.81. The highest BCUT2D eigenvalue weighted by Crippen LogP contribution is 2.24. The molecule has 160 valence electrons. The quantitative estimate of drug-likeness (QED) is 0.237. The van der Waals surface area contributed by atoms with Crippen molar-refractivity contribution in [3.63, 3.8) is 0 Å². The molecule has 32 heavy (non-hydrogen) atoms. The Kier molecular flexibility index (Phi) is 5.76. The number of aryl methyl sites for hydroxylation is 1. The molecule has 4 rings (SSSR count). The Morgan fingerprint density at radius 2 is 1.81 bits per heavy atom. The zero-order chi connectivity index (χ0) is 22.7.